The number of carboxylic acid groups (broad SMARTS) is 1. The zero-order valence-electron chi connectivity index (χ0n) is 5.32. The van der Waals surface area contributed by atoms with Crippen LogP contribution < -0.4 is 10.6 Å². The molecular weight excluding hydrogens is 136 g/mol. The highest BCUT2D eigenvalue weighted by Crippen LogP contribution is 1.86. The Hall–Kier alpha value is -1.26. The Morgan fingerprint density at radius 3 is 2.90 bits per heavy atom. The van der Waals surface area contributed by atoms with Crippen molar-refractivity contribution >= 4 is 5.97 Å². The van der Waals surface area contributed by atoms with Gasteiger partial charge < -0.3 is 10.8 Å². The summed E-state index contributed by atoms with van der Waals surface area (Å²) in [6, 6.07) is -0.898. The number of nitrogens with zero attached hydrogens (tertiary/aromatic N) is 2. The topological polar surface area (TPSA) is 114 Å². The molecule has 10 heavy (non-hydrogen) atoms. The molecule has 0 spiro atoms. The Labute approximate surface area is 57.3 Å². The lowest BCUT2D eigenvalue weighted by atomic mass is 10.2. The first kappa shape index (κ1) is 8.74. The van der Waals surface area contributed by atoms with Gasteiger partial charge in [-0.15, -0.1) is 0 Å². The summed E-state index contributed by atoms with van der Waals surface area (Å²) in [6.07, 6.45) is 0.220. The highest BCUT2D eigenvalue weighted by Gasteiger charge is 2.10. The van der Waals surface area contributed by atoms with Crippen molar-refractivity contribution in [3.05, 3.63) is 0 Å². The predicted octanol–water partition coefficient (Wildman–Crippen LogP) is -0.661. The predicted molar refractivity (Wildman–Crippen MR) is 32.4 cm³/mol. The van der Waals surface area contributed by atoms with Crippen molar-refractivity contribution in [3.8, 4) is 0 Å². The van der Waals surface area contributed by atoms with E-state index in [-0.39, 0.29) is 13.0 Å². The summed E-state index contributed by atoms with van der Waals surface area (Å²) in [6.45, 7) is 0.191. The lowest BCUT2D eigenvalue weighted by Crippen LogP contribution is -2.30. The minimum Gasteiger partial charge on any atom is -0.480 e. The molecule has 0 heterocycles. The van der Waals surface area contributed by atoms with Crippen LogP contribution in [0.15, 0.2) is 5.11 Å². The zero-order chi connectivity index (χ0) is 7.98. The summed E-state index contributed by atoms with van der Waals surface area (Å²) in [7, 11) is 0. The van der Waals surface area contributed by atoms with E-state index < -0.39 is 12.0 Å². The van der Waals surface area contributed by atoms with Gasteiger partial charge in [-0.3, -0.25) is 4.79 Å². The first-order valence-electron chi connectivity index (χ1n) is 2.70. The number of nitrogens with one attached hydrogen (secondary N) is 1. The highest BCUT2D eigenvalue weighted by molar-refractivity contribution is 5.72. The Kier molecular flexibility index (Phi) is 4.02. The molecule has 0 radical (unpaired) electrons. The summed E-state index contributed by atoms with van der Waals surface area (Å²) in [4.78, 5) is 12.7. The lowest BCUT2D eigenvalue weighted by molar-refractivity contribution is -0.138. The van der Waals surface area contributed by atoms with E-state index in [1.165, 1.54) is 0 Å². The highest BCUT2D eigenvalue weighted by atomic mass is 16.4. The molecule has 0 bridgehead atoms. The molecule has 0 aromatic rings. The molecule has 56 valence electrons. The monoisotopic (exact) mass is 145 g/mol. The fourth-order valence-electron chi connectivity index (χ4n) is 0.370. The van der Waals surface area contributed by atoms with Crippen LogP contribution in [0.3, 0.4) is 0 Å². The van der Waals surface area contributed by atoms with Crippen LogP contribution in [0, 0.1) is 5.53 Å². The van der Waals surface area contributed by atoms with E-state index in [0.29, 0.717) is 0 Å². The number of carboxylic acids is 1. The van der Waals surface area contributed by atoms with E-state index in [1.807, 2.05) is 0 Å². The molecule has 6 heteroatoms. The molecule has 6 nitrogen and oxygen atoms in total. The van der Waals surface area contributed by atoms with Crippen LogP contribution in [-0.2, 0) is 4.79 Å². The van der Waals surface area contributed by atoms with Crippen molar-refractivity contribution < 1.29 is 9.90 Å². The SMILES string of the molecule is N=[N+]=NCCC(N)C(=O)O. The zero-order valence-corrected chi connectivity index (χ0v) is 5.32. The second kappa shape index (κ2) is 4.60. The second-order valence-corrected chi connectivity index (χ2v) is 1.70. The third-order valence-electron chi connectivity index (χ3n) is 0.928. The van der Waals surface area contributed by atoms with Gasteiger partial charge in [0.15, 0.2) is 0 Å². The maximum absolute atomic E-state index is 10.0. The van der Waals surface area contributed by atoms with Gasteiger partial charge in [0.2, 0.25) is 4.91 Å². The maximum atomic E-state index is 10.0. The van der Waals surface area contributed by atoms with Crippen molar-refractivity contribution in [1.29, 1.82) is 5.53 Å². The van der Waals surface area contributed by atoms with Crippen molar-refractivity contribution in [2.45, 2.75) is 12.5 Å². The van der Waals surface area contributed by atoms with E-state index in [1.54, 1.807) is 0 Å². The molecule has 0 rings (SSSR count). The molecule has 4 N–H and O–H groups in total. The van der Waals surface area contributed by atoms with Gasteiger partial charge >= 0.3 is 5.97 Å². The van der Waals surface area contributed by atoms with Gasteiger partial charge in [-0.05, 0) is 6.42 Å². The van der Waals surface area contributed by atoms with Gasteiger partial charge in [-0.2, -0.15) is 0 Å². The van der Waals surface area contributed by atoms with Gasteiger partial charge in [-0.1, -0.05) is 0 Å². The summed E-state index contributed by atoms with van der Waals surface area (Å²) >= 11 is 0. The molecule has 0 fully saturated rings. The molecule has 0 saturated heterocycles. The van der Waals surface area contributed by atoms with Crippen molar-refractivity contribution in [3.63, 3.8) is 0 Å². The van der Waals surface area contributed by atoms with Crippen LogP contribution >= 0.6 is 0 Å². The molecule has 1 unspecified atom stereocenters. The molecule has 0 aliphatic heterocycles. The van der Waals surface area contributed by atoms with Gasteiger partial charge in [-0.25, -0.2) is 0 Å². The average Bonchev–Trinajstić information content (AvgIpc) is 1.88. The number of aliphatic carboxylic acids is 1. The summed E-state index contributed by atoms with van der Waals surface area (Å²) in [5.74, 6) is -1.06. The van der Waals surface area contributed by atoms with Crippen LogP contribution in [0.1, 0.15) is 6.42 Å². The van der Waals surface area contributed by atoms with Crippen LogP contribution in [0.5, 0.6) is 0 Å². The van der Waals surface area contributed by atoms with Gasteiger partial charge in [0.25, 0.3) is 0 Å². The number of hydrogen-bond donors (Lipinski definition) is 3. The van der Waals surface area contributed by atoms with E-state index in [9.17, 15) is 4.79 Å². The summed E-state index contributed by atoms with van der Waals surface area (Å²) < 4.78 is 0. The van der Waals surface area contributed by atoms with E-state index in [2.05, 4.69) is 10.0 Å². The largest absolute Gasteiger partial charge is 0.480 e. The fourth-order valence-corrected chi connectivity index (χ4v) is 0.370. The van der Waals surface area contributed by atoms with E-state index in [4.69, 9.17) is 16.4 Å². The third kappa shape index (κ3) is 3.71. The summed E-state index contributed by atoms with van der Waals surface area (Å²) in [5.41, 5.74) is 11.3. The van der Waals surface area contributed by atoms with Crippen molar-refractivity contribution in [2.75, 3.05) is 6.54 Å². The van der Waals surface area contributed by atoms with E-state index >= 15 is 0 Å². The van der Waals surface area contributed by atoms with Crippen molar-refractivity contribution in [1.82, 2.24) is 4.91 Å². The molecule has 0 aromatic carbocycles. The maximum Gasteiger partial charge on any atom is 0.320 e. The van der Waals surface area contributed by atoms with Crippen LogP contribution in [-0.4, -0.2) is 23.7 Å². The van der Waals surface area contributed by atoms with Crippen LogP contribution in [0.4, 0.5) is 0 Å². The second-order valence-electron chi connectivity index (χ2n) is 1.70. The molecule has 0 aliphatic rings. The normalized spacial score (nSPS) is 11.7. The Balaban J connectivity index is 3.48. The van der Waals surface area contributed by atoms with Crippen LogP contribution in [0.2, 0.25) is 0 Å². The average molecular weight is 145 g/mol. The molecule has 0 saturated carbocycles. The third-order valence-corrected chi connectivity index (χ3v) is 0.928. The molecule has 0 aromatic heterocycles. The van der Waals surface area contributed by atoms with Crippen molar-refractivity contribution in [2.24, 2.45) is 10.8 Å². The first-order chi connectivity index (χ1) is 4.68. The first-order valence-corrected chi connectivity index (χ1v) is 2.70. The Bertz CT molecular complexity index is 163. The minimum atomic E-state index is -1.06. The lowest BCUT2D eigenvalue weighted by Gasteiger charge is -1.98. The minimum absolute atomic E-state index is 0.191. The van der Waals surface area contributed by atoms with Crippen LogP contribution in [0.25, 0.3) is 0 Å². The summed E-state index contributed by atoms with van der Waals surface area (Å²) in [5, 5.41) is 11.5. The smallest absolute Gasteiger partial charge is 0.320 e. The Morgan fingerprint density at radius 2 is 2.50 bits per heavy atom. The molecular formula is C4H9N4O2+. The molecule has 0 amide bonds. The van der Waals surface area contributed by atoms with Gasteiger partial charge in [0, 0.05) is 0 Å². The van der Waals surface area contributed by atoms with Gasteiger partial charge in [0.1, 0.15) is 23.2 Å². The number of hydrogen-bond acceptors (Lipinski definition) is 4. The molecule has 1 atom stereocenters. The van der Waals surface area contributed by atoms with Gasteiger partial charge in [0.05, 0.1) is 0 Å². The molecule has 0 aliphatic carbocycles. The Morgan fingerprint density at radius 1 is 1.90 bits per heavy atom. The van der Waals surface area contributed by atoms with E-state index in [0.717, 1.165) is 0 Å². The number of rotatable bonds is 4. The number of carbonyl (C=O) groups is 1. The standard InChI is InChI=1S/C4H8N4O2/c5-3(4(9)10)1-2-7-8-6/h3,6H,1-2,5H2/p+1. The fraction of sp³-hybridized carbons (Fsp3) is 0.750. The number of nitrogens with two attached hydrogens (primary N) is 1. The quantitative estimate of drug-likeness (QED) is 0.360.